The van der Waals surface area contributed by atoms with E-state index in [1.165, 1.54) is 0 Å². The molecule has 1 aromatic rings. The van der Waals surface area contributed by atoms with Crippen LogP contribution in [0, 0.1) is 0 Å². The lowest BCUT2D eigenvalue weighted by Gasteiger charge is -2.25. The third-order valence-corrected chi connectivity index (χ3v) is 2.87. The Balaban J connectivity index is 2.99. The second kappa shape index (κ2) is 6.05. The molecule has 1 atom stereocenters. The number of amides is 1. The lowest BCUT2D eigenvalue weighted by Crippen LogP contribution is -2.38. The lowest BCUT2D eigenvalue weighted by atomic mass is 9.87. The Morgan fingerprint density at radius 2 is 1.95 bits per heavy atom. The summed E-state index contributed by atoms with van der Waals surface area (Å²) in [5.41, 5.74) is 7.03. The van der Waals surface area contributed by atoms with Gasteiger partial charge < -0.3 is 15.8 Å². The van der Waals surface area contributed by atoms with Crippen molar-refractivity contribution in [2.24, 2.45) is 12.8 Å². The van der Waals surface area contributed by atoms with Gasteiger partial charge in [0.05, 0.1) is 11.7 Å². The molecule has 0 radical (unpaired) electrons. The zero-order chi connectivity index (χ0) is 16.4. The fraction of sp³-hybridized carbons (Fsp3) is 0.733. The number of aromatic nitrogens is 2. The van der Waals surface area contributed by atoms with Crippen LogP contribution in [0.5, 0.6) is 0 Å². The van der Waals surface area contributed by atoms with Crippen LogP contribution in [0.15, 0.2) is 6.20 Å². The minimum atomic E-state index is -0.537. The standard InChI is InChI=1S/C15H28N4O2/c1-14(2,3)12-10(9-19(7)18-12)11(8-16)17-13(20)21-15(4,5)6/h9,11H,8,16H2,1-7H3,(H,17,20). The van der Waals surface area contributed by atoms with Gasteiger partial charge in [-0.3, -0.25) is 4.68 Å². The summed E-state index contributed by atoms with van der Waals surface area (Å²) < 4.78 is 7.04. The highest BCUT2D eigenvalue weighted by Gasteiger charge is 2.28. The first-order valence-corrected chi connectivity index (χ1v) is 7.17. The van der Waals surface area contributed by atoms with Crippen molar-refractivity contribution in [1.29, 1.82) is 0 Å². The van der Waals surface area contributed by atoms with E-state index in [0.29, 0.717) is 0 Å². The first kappa shape index (κ1) is 17.5. The number of alkyl carbamates (subject to hydrolysis) is 1. The number of nitrogens with one attached hydrogen (secondary N) is 1. The number of nitrogens with two attached hydrogens (primary N) is 1. The molecule has 0 saturated heterocycles. The summed E-state index contributed by atoms with van der Waals surface area (Å²) in [6, 6.07) is -0.317. The maximum Gasteiger partial charge on any atom is 0.408 e. The van der Waals surface area contributed by atoms with Gasteiger partial charge in [-0.2, -0.15) is 5.10 Å². The van der Waals surface area contributed by atoms with E-state index in [2.05, 4.69) is 31.2 Å². The fourth-order valence-electron chi connectivity index (χ4n) is 2.06. The summed E-state index contributed by atoms with van der Waals surface area (Å²) in [6.07, 6.45) is 1.43. The molecule has 1 rings (SSSR count). The molecule has 0 bridgehead atoms. The zero-order valence-corrected chi connectivity index (χ0v) is 14.2. The summed E-state index contributed by atoms with van der Waals surface area (Å²) in [7, 11) is 1.86. The number of nitrogens with zero attached hydrogens (tertiary/aromatic N) is 2. The minimum Gasteiger partial charge on any atom is -0.444 e. The monoisotopic (exact) mass is 296 g/mol. The third kappa shape index (κ3) is 5.04. The molecule has 0 spiro atoms. The van der Waals surface area contributed by atoms with E-state index >= 15 is 0 Å². The van der Waals surface area contributed by atoms with E-state index in [-0.39, 0.29) is 18.0 Å². The molecule has 120 valence electrons. The smallest absolute Gasteiger partial charge is 0.408 e. The Hall–Kier alpha value is -1.56. The Bertz CT molecular complexity index is 495. The Kier molecular flexibility index (Phi) is 5.04. The van der Waals surface area contributed by atoms with Crippen LogP contribution in [-0.4, -0.2) is 28.0 Å². The predicted molar refractivity (Wildman–Crippen MR) is 83.1 cm³/mol. The topological polar surface area (TPSA) is 82.2 Å². The molecule has 0 saturated carbocycles. The number of hydrogen-bond acceptors (Lipinski definition) is 4. The predicted octanol–water partition coefficient (Wildman–Crippen LogP) is 2.24. The second-order valence-electron chi connectivity index (χ2n) is 7.29. The van der Waals surface area contributed by atoms with Gasteiger partial charge in [0, 0.05) is 30.8 Å². The molecule has 1 amide bonds. The summed E-state index contributed by atoms with van der Waals surface area (Å²) >= 11 is 0. The minimum absolute atomic E-state index is 0.125. The summed E-state index contributed by atoms with van der Waals surface area (Å²) in [5, 5.41) is 7.33. The van der Waals surface area contributed by atoms with Gasteiger partial charge in [-0.25, -0.2) is 4.79 Å². The van der Waals surface area contributed by atoms with Gasteiger partial charge in [-0.05, 0) is 20.8 Å². The summed E-state index contributed by atoms with van der Waals surface area (Å²) in [6.45, 7) is 12.0. The molecule has 0 aromatic carbocycles. The molecule has 6 nitrogen and oxygen atoms in total. The first-order chi connectivity index (χ1) is 9.44. The van der Waals surface area contributed by atoms with Crippen molar-refractivity contribution in [2.75, 3.05) is 6.54 Å². The highest BCUT2D eigenvalue weighted by atomic mass is 16.6. The van der Waals surface area contributed by atoms with Gasteiger partial charge in [0.15, 0.2) is 0 Å². The van der Waals surface area contributed by atoms with Crippen molar-refractivity contribution in [1.82, 2.24) is 15.1 Å². The van der Waals surface area contributed by atoms with Crippen LogP contribution in [0.1, 0.15) is 58.8 Å². The number of hydrogen-bond donors (Lipinski definition) is 2. The molecular weight excluding hydrogens is 268 g/mol. The SMILES string of the molecule is Cn1cc(C(CN)NC(=O)OC(C)(C)C)c(C(C)(C)C)n1. The molecule has 3 N–H and O–H groups in total. The van der Waals surface area contributed by atoms with Gasteiger partial charge >= 0.3 is 6.09 Å². The van der Waals surface area contributed by atoms with E-state index in [4.69, 9.17) is 10.5 Å². The fourth-order valence-corrected chi connectivity index (χ4v) is 2.06. The highest BCUT2D eigenvalue weighted by Crippen LogP contribution is 2.28. The molecule has 6 heteroatoms. The van der Waals surface area contributed by atoms with E-state index in [1.54, 1.807) is 4.68 Å². The molecule has 21 heavy (non-hydrogen) atoms. The van der Waals surface area contributed by atoms with Gasteiger partial charge in [0.1, 0.15) is 5.60 Å². The van der Waals surface area contributed by atoms with E-state index in [9.17, 15) is 4.79 Å². The Labute approximate surface area is 127 Å². The van der Waals surface area contributed by atoms with Crippen LogP contribution in [-0.2, 0) is 17.2 Å². The van der Waals surface area contributed by atoms with Gasteiger partial charge in [-0.15, -0.1) is 0 Å². The van der Waals surface area contributed by atoms with Gasteiger partial charge in [0.25, 0.3) is 0 Å². The van der Waals surface area contributed by atoms with Crippen molar-refractivity contribution in [3.8, 4) is 0 Å². The quantitative estimate of drug-likeness (QED) is 0.896. The highest BCUT2D eigenvalue weighted by molar-refractivity contribution is 5.68. The van der Waals surface area contributed by atoms with Crippen LogP contribution in [0.3, 0.4) is 0 Å². The number of rotatable bonds is 3. The molecule has 1 aromatic heterocycles. The normalized spacial score (nSPS) is 13.9. The van der Waals surface area contributed by atoms with E-state index in [1.807, 2.05) is 34.0 Å². The lowest BCUT2D eigenvalue weighted by molar-refractivity contribution is 0.0505. The average molecular weight is 296 g/mol. The van der Waals surface area contributed by atoms with Crippen molar-refractivity contribution in [3.05, 3.63) is 17.5 Å². The van der Waals surface area contributed by atoms with Gasteiger partial charge in [0.2, 0.25) is 0 Å². The Morgan fingerprint density at radius 3 is 2.38 bits per heavy atom. The van der Waals surface area contributed by atoms with Crippen molar-refractivity contribution in [2.45, 2.75) is 58.6 Å². The molecule has 0 aliphatic rings. The average Bonchev–Trinajstić information content (AvgIpc) is 2.65. The number of carbonyl (C=O) groups is 1. The first-order valence-electron chi connectivity index (χ1n) is 7.17. The molecule has 0 aliphatic heterocycles. The zero-order valence-electron chi connectivity index (χ0n) is 14.2. The number of carbonyl (C=O) groups excluding carboxylic acids is 1. The van der Waals surface area contributed by atoms with Crippen LogP contribution < -0.4 is 11.1 Å². The molecular formula is C15H28N4O2. The van der Waals surface area contributed by atoms with Crippen LogP contribution in [0.25, 0.3) is 0 Å². The molecule has 0 aliphatic carbocycles. The molecule has 1 heterocycles. The molecule has 1 unspecified atom stereocenters. The van der Waals surface area contributed by atoms with Crippen molar-refractivity contribution < 1.29 is 9.53 Å². The van der Waals surface area contributed by atoms with Crippen LogP contribution >= 0.6 is 0 Å². The maximum atomic E-state index is 12.0. The largest absolute Gasteiger partial charge is 0.444 e. The molecule has 0 fully saturated rings. The summed E-state index contributed by atoms with van der Waals surface area (Å²) in [5.74, 6) is 0. The number of aryl methyl sites for hydroxylation is 1. The van der Waals surface area contributed by atoms with E-state index < -0.39 is 11.7 Å². The van der Waals surface area contributed by atoms with Crippen LogP contribution in [0.2, 0.25) is 0 Å². The Morgan fingerprint density at radius 1 is 1.38 bits per heavy atom. The second-order valence-corrected chi connectivity index (χ2v) is 7.29. The van der Waals surface area contributed by atoms with Crippen molar-refractivity contribution >= 4 is 6.09 Å². The maximum absolute atomic E-state index is 12.0. The number of ether oxygens (including phenoxy) is 1. The third-order valence-electron chi connectivity index (χ3n) is 2.87. The van der Waals surface area contributed by atoms with Crippen molar-refractivity contribution in [3.63, 3.8) is 0 Å². The van der Waals surface area contributed by atoms with Gasteiger partial charge in [-0.1, -0.05) is 20.8 Å². The van der Waals surface area contributed by atoms with Crippen LogP contribution in [0.4, 0.5) is 4.79 Å². The summed E-state index contributed by atoms with van der Waals surface area (Å²) in [4.78, 5) is 12.0. The van der Waals surface area contributed by atoms with E-state index in [0.717, 1.165) is 11.3 Å².